The number of nitrogens with two attached hydrogens (primary N) is 1. The lowest BCUT2D eigenvalue weighted by atomic mass is 10.2. The minimum Gasteiger partial charge on any atom is -0.477 e. The largest absolute Gasteiger partial charge is 0.477 e. The van der Waals surface area contributed by atoms with Gasteiger partial charge in [0.1, 0.15) is 0 Å². The Labute approximate surface area is 97.7 Å². The van der Waals surface area contributed by atoms with Gasteiger partial charge in [0.25, 0.3) is 5.91 Å². The molecular formula is C10H13N3O4. The van der Waals surface area contributed by atoms with Gasteiger partial charge in [0.2, 0.25) is 0 Å². The number of nitrogens with one attached hydrogen (secondary N) is 1. The average Bonchev–Trinajstić information content (AvgIpc) is 2.35. The Morgan fingerprint density at radius 3 is 2.82 bits per heavy atom. The van der Waals surface area contributed by atoms with Crippen LogP contribution < -0.4 is 15.8 Å². The number of hydrogen-bond acceptors (Lipinski definition) is 5. The van der Waals surface area contributed by atoms with Gasteiger partial charge in [-0.15, -0.1) is 0 Å². The maximum Gasteiger partial charge on any atom is 0.310 e. The van der Waals surface area contributed by atoms with Crippen LogP contribution in [0.4, 0.5) is 5.69 Å². The molecule has 0 aliphatic rings. The molecular weight excluding hydrogens is 226 g/mol. The molecule has 17 heavy (non-hydrogen) atoms. The van der Waals surface area contributed by atoms with E-state index in [0.29, 0.717) is 5.56 Å². The van der Waals surface area contributed by atoms with Crippen LogP contribution >= 0.6 is 0 Å². The normalized spacial score (nSPS) is 9.76. The van der Waals surface area contributed by atoms with Crippen molar-refractivity contribution in [2.24, 2.45) is 5.73 Å². The lowest BCUT2D eigenvalue weighted by Crippen LogP contribution is -2.25. The number of amides is 1. The molecule has 3 N–H and O–H groups in total. The van der Waals surface area contributed by atoms with E-state index in [1.165, 1.54) is 19.2 Å². The summed E-state index contributed by atoms with van der Waals surface area (Å²) >= 11 is 0. The summed E-state index contributed by atoms with van der Waals surface area (Å²) in [6, 6.07) is 4.31. The zero-order valence-electron chi connectivity index (χ0n) is 9.30. The summed E-state index contributed by atoms with van der Waals surface area (Å²) in [6.45, 7) is -0.0281. The van der Waals surface area contributed by atoms with Crippen molar-refractivity contribution in [3.05, 3.63) is 33.9 Å². The topological polar surface area (TPSA) is 107 Å². The molecule has 1 amide bonds. The van der Waals surface area contributed by atoms with E-state index in [1.54, 1.807) is 6.07 Å². The molecule has 1 rings (SSSR count). The Bertz CT molecular complexity index is 434. The van der Waals surface area contributed by atoms with Gasteiger partial charge < -0.3 is 15.8 Å². The second kappa shape index (κ2) is 5.80. The average molecular weight is 239 g/mol. The number of nitro benzene ring substituents is 1. The fraction of sp³-hybridized carbons (Fsp3) is 0.300. The van der Waals surface area contributed by atoms with Crippen LogP contribution in [0.2, 0.25) is 0 Å². The van der Waals surface area contributed by atoms with Crippen molar-refractivity contribution < 1.29 is 14.5 Å². The monoisotopic (exact) mass is 239 g/mol. The predicted molar refractivity (Wildman–Crippen MR) is 60.5 cm³/mol. The molecule has 92 valence electrons. The van der Waals surface area contributed by atoms with E-state index in [1.807, 2.05) is 0 Å². The zero-order valence-corrected chi connectivity index (χ0v) is 9.30. The smallest absolute Gasteiger partial charge is 0.310 e. The number of rotatable bonds is 5. The summed E-state index contributed by atoms with van der Waals surface area (Å²) in [5.74, 6) is -0.320. The quantitative estimate of drug-likeness (QED) is 0.562. The first-order valence-corrected chi connectivity index (χ1v) is 4.89. The van der Waals surface area contributed by atoms with Crippen LogP contribution in [0.25, 0.3) is 0 Å². The van der Waals surface area contributed by atoms with Gasteiger partial charge in [0, 0.05) is 19.7 Å². The summed E-state index contributed by atoms with van der Waals surface area (Å²) in [4.78, 5) is 21.1. The SMILES string of the molecule is CNC(=O)COc1cc(CN)ccc1[N+](=O)[O-]. The van der Waals surface area contributed by atoms with Gasteiger partial charge in [-0.2, -0.15) is 0 Å². The number of likely N-dealkylation sites (N-methyl/N-ethyl adjacent to an activating group) is 1. The van der Waals surface area contributed by atoms with E-state index in [0.717, 1.165) is 0 Å². The Kier molecular flexibility index (Phi) is 4.41. The highest BCUT2D eigenvalue weighted by atomic mass is 16.6. The third kappa shape index (κ3) is 3.42. The van der Waals surface area contributed by atoms with Crippen LogP contribution in [-0.4, -0.2) is 24.5 Å². The number of carbonyl (C=O) groups is 1. The van der Waals surface area contributed by atoms with E-state index in [9.17, 15) is 14.9 Å². The van der Waals surface area contributed by atoms with Crippen LogP contribution in [0.5, 0.6) is 5.75 Å². The van der Waals surface area contributed by atoms with E-state index >= 15 is 0 Å². The third-order valence-electron chi connectivity index (χ3n) is 2.09. The highest BCUT2D eigenvalue weighted by Crippen LogP contribution is 2.27. The molecule has 0 aliphatic heterocycles. The molecule has 0 fully saturated rings. The number of benzene rings is 1. The first-order valence-electron chi connectivity index (χ1n) is 4.89. The minimum absolute atomic E-state index is 0.0431. The number of ether oxygens (including phenoxy) is 1. The van der Waals surface area contributed by atoms with Crippen molar-refractivity contribution in [3.63, 3.8) is 0 Å². The predicted octanol–water partition coefficient (Wildman–Crippen LogP) is 0.178. The maximum absolute atomic E-state index is 11.0. The highest BCUT2D eigenvalue weighted by molar-refractivity contribution is 5.77. The molecule has 0 heterocycles. The second-order valence-electron chi connectivity index (χ2n) is 3.23. The number of hydrogen-bond donors (Lipinski definition) is 2. The highest BCUT2D eigenvalue weighted by Gasteiger charge is 2.16. The van der Waals surface area contributed by atoms with Crippen molar-refractivity contribution in [2.75, 3.05) is 13.7 Å². The molecule has 0 bridgehead atoms. The minimum atomic E-state index is -0.570. The number of carbonyl (C=O) groups excluding carboxylic acids is 1. The van der Waals surface area contributed by atoms with E-state index < -0.39 is 4.92 Å². The Morgan fingerprint density at radius 2 is 2.29 bits per heavy atom. The van der Waals surface area contributed by atoms with Crippen molar-refractivity contribution in [3.8, 4) is 5.75 Å². The summed E-state index contributed by atoms with van der Waals surface area (Å²) in [5.41, 5.74) is 5.93. The van der Waals surface area contributed by atoms with Gasteiger partial charge in [-0.25, -0.2) is 0 Å². The molecule has 0 spiro atoms. The lowest BCUT2D eigenvalue weighted by Gasteiger charge is -2.07. The fourth-order valence-corrected chi connectivity index (χ4v) is 1.17. The molecule has 0 unspecified atom stereocenters. The molecule has 0 saturated carbocycles. The molecule has 1 aromatic carbocycles. The Hall–Kier alpha value is -2.15. The summed E-state index contributed by atoms with van der Waals surface area (Å²) < 4.78 is 5.08. The van der Waals surface area contributed by atoms with Crippen LogP contribution in [0.3, 0.4) is 0 Å². The van der Waals surface area contributed by atoms with E-state index in [4.69, 9.17) is 10.5 Å². The second-order valence-corrected chi connectivity index (χ2v) is 3.23. The van der Waals surface area contributed by atoms with Gasteiger partial charge in [-0.3, -0.25) is 14.9 Å². The lowest BCUT2D eigenvalue weighted by molar-refractivity contribution is -0.385. The molecule has 7 nitrogen and oxygen atoms in total. The van der Waals surface area contributed by atoms with Gasteiger partial charge in [0.15, 0.2) is 12.4 Å². The summed E-state index contributed by atoms with van der Waals surface area (Å²) in [5, 5.41) is 13.1. The van der Waals surface area contributed by atoms with E-state index in [2.05, 4.69) is 5.32 Å². The van der Waals surface area contributed by atoms with Gasteiger partial charge in [-0.05, 0) is 11.6 Å². The molecule has 1 aromatic rings. The summed E-state index contributed by atoms with van der Waals surface area (Å²) in [7, 11) is 1.45. The molecule has 0 aromatic heterocycles. The Morgan fingerprint density at radius 1 is 1.59 bits per heavy atom. The van der Waals surface area contributed by atoms with Gasteiger partial charge >= 0.3 is 5.69 Å². The third-order valence-corrected chi connectivity index (χ3v) is 2.09. The van der Waals surface area contributed by atoms with Gasteiger partial charge in [-0.1, -0.05) is 6.07 Å². The van der Waals surface area contributed by atoms with Gasteiger partial charge in [0.05, 0.1) is 4.92 Å². The zero-order chi connectivity index (χ0) is 12.8. The van der Waals surface area contributed by atoms with E-state index in [-0.39, 0.29) is 30.5 Å². The maximum atomic E-state index is 11.0. The summed E-state index contributed by atoms with van der Waals surface area (Å²) in [6.07, 6.45) is 0. The van der Waals surface area contributed by atoms with Crippen LogP contribution in [0.15, 0.2) is 18.2 Å². The van der Waals surface area contributed by atoms with Crippen LogP contribution in [0.1, 0.15) is 5.56 Å². The number of nitrogens with zero attached hydrogens (tertiary/aromatic N) is 1. The van der Waals surface area contributed by atoms with Crippen LogP contribution in [-0.2, 0) is 11.3 Å². The first kappa shape index (κ1) is 12.9. The first-order chi connectivity index (χ1) is 8.08. The molecule has 0 atom stereocenters. The van der Waals surface area contributed by atoms with Crippen molar-refractivity contribution >= 4 is 11.6 Å². The van der Waals surface area contributed by atoms with Crippen molar-refractivity contribution in [1.82, 2.24) is 5.32 Å². The molecule has 0 saturated heterocycles. The number of nitro groups is 1. The Balaban J connectivity index is 2.93. The fourth-order valence-electron chi connectivity index (χ4n) is 1.17. The molecule has 0 aliphatic carbocycles. The molecule has 0 radical (unpaired) electrons. The standard InChI is InChI=1S/C10H13N3O4/c1-12-10(14)6-17-9-4-7(5-11)2-3-8(9)13(15)16/h2-4H,5-6,11H2,1H3,(H,12,14). The van der Waals surface area contributed by atoms with Crippen molar-refractivity contribution in [2.45, 2.75) is 6.54 Å². The molecule has 7 heteroatoms. The van der Waals surface area contributed by atoms with Crippen molar-refractivity contribution in [1.29, 1.82) is 0 Å². The van der Waals surface area contributed by atoms with Crippen LogP contribution in [0, 0.1) is 10.1 Å².